The lowest BCUT2D eigenvalue weighted by atomic mass is 11.9. The van der Waals surface area contributed by atoms with Crippen molar-refractivity contribution in [2.75, 3.05) is 26.7 Å². The second-order valence-corrected chi connectivity index (χ2v) is 9.95. The van der Waals surface area contributed by atoms with Gasteiger partial charge in [0.05, 0.1) is 0 Å². The predicted octanol–water partition coefficient (Wildman–Crippen LogP) is 2.20. The highest BCUT2D eigenvalue weighted by Crippen LogP contribution is 2.65. The molecule has 6 nitrogen and oxygen atoms in total. The lowest BCUT2D eigenvalue weighted by Crippen LogP contribution is -1.90. The second-order valence-electron chi connectivity index (χ2n) is 2.99. The Kier molecular flexibility index (Phi) is 4.15. The zero-order valence-electron chi connectivity index (χ0n) is 7.83. The molecule has 0 aromatic carbocycles. The molecule has 0 aliphatic carbocycles. The zero-order valence-corrected chi connectivity index (χ0v) is 10.5. The second kappa shape index (κ2) is 3.98. The maximum Gasteiger partial charge on any atom is 0.340 e. The van der Waals surface area contributed by atoms with Crippen molar-refractivity contribution in [3.8, 4) is 0 Å². The first-order valence-corrected chi connectivity index (χ1v) is 9.80. The van der Waals surface area contributed by atoms with Crippen LogP contribution in [0.1, 0.15) is 0 Å². The molecule has 0 aliphatic rings. The third-order valence-corrected chi connectivity index (χ3v) is 5.80. The highest BCUT2D eigenvalue weighted by molar-refractivity contribution is 7.72. The molecule has 0 heterocycles. The van der Waals surface area contributed by atoms with Crippen molar-refractivity contribution in [2.45, 2.75) is 0 Å². The molecule has 9 heteroatoms. The first-order chi connectivity index (χ1) is 5.41. The monoisotopic (exact) mass is 250 g/mol. The van der Waals surface area contributed by atoms with Gasteiger partial charge in [-0.2, -0.15) is 0 Å². The van der Waals surface area contributed by atoms with Crippen LogP contribution in [0.3, 0.4) is 0 Å². The molecule has 0 aliphatic heterocycles. The van der Waals surface area contributed by atoms with E-state index >= 15 is 0 Å². The number of rotatable bonds is 4. The molecule has 0 bridgehead atoms. The van der Waals surface area contributed by atoms with E-state index in [1.165, 1.54) is 13.3 Å². The van der Waals surface area contributed by atoms with Gasteiger partial charge in [0.1, 0.15) is 0 Å². The van der Waals surface area contributed by atoms with E-state index < -0.39 is 22.6 Å². The Labute approximate surface area is 77.2 Å². The Hall–Kier alpha value is 0.570. The Balaban J connectivity index is 4.54. The molecule has 0 radical (unpaired) electrons. The molecule has 0 saturated carbocycles. The summed E-state index contributed by atoms with van der Waals surface area (Å²) < 4.78 is 41.9. The first kappa shape index (κ1) is 13.6. The number of hydrogen-bond donors (Lipinski definition) is 1. The molecule has 0 rings (SSSR count). The van der Waals surface area contributed by atoms with E-state index in [4.69, 9.17) is 4.89 Å². The highest BCUT2D eigenvalue weighted by atomic mass is 31.3. The first-order valence-electron chi connectivity index (χ1n) is 3.27. The largest absolute Gasteiger partial charge is 0.340 e. The van der Waals surface area contributed by atoms with Crippen LogP contribution in [0.15, 0.2) is 0 Å². The molecule has 0 amide bonds. The Bertz CT molecular complexity index is 282. The van der Waals surface area contributed by atoms with Gasteiger partial charge in [0.25, 0.3) is 0 Å². The fourth-order valence-corrected chi connectivity index (χ4v) is 6.09. The van der Waals surface area contributed by atoms with Gasteiger partial charge >= 0.3 is 15.2 Å². The van der Waals surface area contributed by atoms with E-state index in [9.17, 15) is 13.7 Å². The van der Waals surface area contributed by atoms with Gasteiger partial charge in [0.15, 0.2) is 0 Å². The van der Waals surface area contributed by atoms with Crippen molar-refractivity contribution in [1.29, 1.82) is 0 Å². The van der Waals surface area contributed by atoms with Crippen LogP contribution in [0.2, 0.25) is 0 Å². The van der Waals surface area contributed by atoms with E-state index in [1.807, 2.05) is 0 Å². The van der Waals surface area contributed by atoms with E-state index in [1.54, 1.807) is 0 Å². The van der Waals surface area contributed by atoms with Crippen molar-refractivity contribution in [3.05, 3.63) is 0 Å². The van der Waals surface area contributed by atoms with Crippen molar-refractivity contribution in [1.82, 2.24) is 0 Å². The average Bonchev–Trinajstić information content (AvgIpc) is 1.43. The van der Waals surface area contributed by atoms with Crippen molar-refractivity contribution < 1.29 is 27.2 Å². The summed E-state index contributed by atoms with van der Waals surface area (Å²) in [7, 11) is -10.6. The van der Waals surface area contributed by atoms with E-state index in [0.29, 0.717) is 0 Å². The minimum Gasteiger partial charge on any atom is -0.324 e. The summed E-state index contributed by atoms with van der Waals surface area (Å²) in [6.07, 6.45) is 0. The van der Waals surface area contributed by atoms with Gasteiger partial charge in [-0.25, -0.2) is 4.31 Å². The molecule has 2 atom stereocenters. The standard InChI is InChI=1S/C4H13O6P3/c1-11(2,5)9-13(4,8)10-12(3,6)7/h1-4H3,(H,6,7). The Morgan fingerprint density at radius 1 is 0.923 bits per heavy atom. The lowest BCUT2D eigenvalue weighted by molar-refractivity contribution is 0.346. The molecule has 0 fully saturated rings. The molecular formula is C4H13O6P3. The quantitative estimate of drug-likeness (QED) is 0.769. The van der Waals surface area contributed by atoms with Crippen LogP contribution in [-0.4, -0.2) is 31.6 Å². The van der Waals surface area contributed by atoms with Crippen LogP contribution in [0, 0.1) is 0 Å². The van der Waals surface area contributed by atoms with E-state index in [-0.39, 0.29) is 0 Å². The minimum atomic E-state index is -3.88. The Morgan fingerprint density at radius 3 is 1.54 bits per heavy atom. The van der Waals surface area contributed by atoms with Crippen LogP contribution < -0.4 is 0 Å². The minimum absolute atomic E-state index is 0.878. The molecule has 0 aromatic rings. The summed E-state index contributed by atoms with van der Waals surface area (Å²) in [4.78, 5) is 8.74. The van der Waals surface area contributed by atoms with Gasteiger partial charge in [-0.05, 0) is 0 Å². The average molecular weight is 250 g/mol. The van der Waals surface area contributed by atoms with E-state index in [2.05, 4.69) is 8.62 Å². The van der Waals surface area contributed by atoms with Crippen LogP contribution in [0.5, 0.6) is 0 Å². The van der Waals surface area contributed by atoms with Crippen LogP contribution >= 0.6 is 22.6 Å². The van der Waals surface area contributed by atoms with Crippen LogP contribution in [0.25, 0.3) is 0 Å². The van der Waals surface area contributed by atoms with Gasteiger partial charge < -0.3 is 4.89 Å². The third-order valence-electron chi connectivity index (χ3n) is 0.645. The summed E-state index contributed by atoms with van der Waals surface area (Å²) >= 11 is 0. The van der Waals surface area contributed by atoms with Gasteiger partial charge in [-0.3, -0.25) is 18.0 Å². The summed E-state index contributed by atoms with van der Waals surface area (Å²) in [6, 6.07) is 0. The Morgan fingerprint density at radius 2 is 1.31 bits per heavy atom. The summed E-state index contributed by atoms with van der Waals surface area (Å²) in [6.45, 7) is 4.36. The van der Waals surface area contributed by atoms with Crippen LogP contribution in [0.4, 0.5) is 0 Å². The molecular weight excluding hydrogens is 237 g/mol. The highest BCUT2D eigenvalue weighted by Gasteiger charge is 2.30. The van der Waals surface area contributed by atoms with Crippen molar-refractivity contribution >= 4 is 22.6 Å². The normalized spacial score (nSPS) is 21.9. The fourth-order valence-electron chi connectivity index (χ4n) is 0.647. The maximum absolute atomic E-state index is 11.3. The van der Waals surface area contributed by atoms with Gasteiger partial charge in [-0.1, -0.05) is 0 Å². The molecule has 13 heavy (non-hydrogen) atoms. The van der Waals surface area contributed by atoms with E-state index in [0.717, 1.165) is 13.3 Å². The topological polar surface area (TPSA) is 89.9 Å². The molecule has 1 N–H and O–H groups in total. The zero-order chi connectivity index (χ0) is 10.9. The predicted molar refractivity (Wildman–Crippen MR) is 50.9 cm³/mol. The lowest BCUT2D eigenvalue weighted by Gasteiger charge is -2.17. The van der Waals surface area contributed by atoms with Crippen LogP contribution in [-0.2, 0) is 22.3 Å². The molecule has 2 unspecified atom stereocenters. The molecule has 80 valence electrons. The maximum atomic E-state index is 11.3. The van der Waals surface area contributed by atoms with Gasteiger partial charge in [-0.15, -0.1) is 0 Å². The number of hydrogen-bond acceptors (Lipinski definition) is 5. The summed E-state index contributed by atoms with van der Waals surface area (Å²) in [5.74, 6) is 0. The smallest absolute Gasteiger partial charge is 0.324 e. The van der Waals surface area contributed by atoms with Crippen molar-refractivity contribution in [2.24, 2.45) is 0 Å². The van der Waals surface area contributed by atoms with Gasteiger partial charge in [0.2, 0.25) is 7.37 Å². The SMILES string of the molecule is CP(C)(=O)OP(C)(=O)OP(C)(=O)O. The third kappa shape index (κ3) is 8.89. The molecule has 0 aromatic heterocycles. The fraction of sp³-hybridized carbons (Fsp3) is 1.00. The summed E-state index contributed by atoms with van der Waals surface area (Å²) in [5.41, 5.74) is 0. The van der Waals surface area contributed by atoms with Crippen molar-refractivity contribution in [3.63, 3.8) is 0 Å². The molecule has 0 saturated heterocycles. The molecule has 0 spiro atoms. The summed E-state index contributed by atoms with van der Waals surface area (Å²) in [5, 5.41) is 0. The van der Waals surface area contributed by atoms with Gasteiger partial charge in [0, 0.05) is 26.7 Å².